The number of hydrogen-bond donors (Lipinski definition) is 8. The van der Waals surface area contributed by atoms with Crippen LogP contribution in [0.2, 0.25) is 0 Å². The maximum atomic E-state index is 15.5. The number of carbonyl (C=O) groups excluding carboxylic acids is 7. The standard InChI is InChI=1S/C64H67FN8O13/c1-6-64(84)43-26-48-55-40(30-73(48)59(79)42(43)32-85-61(64)82)53-45(23-22-35-33(2)44(65)27-46(71-55)52(35)53)69-49(74)21-14-24-66-57(77)47(25-34-15-8-7-9-16-34)70-51(76)29-67-50(75)28-68-58(78)56(54(60(80)81)63(3,4)5)72-62(83)86-31-41-38-19-12-10-17-36(38)37-18-11-13-20-39(37)41/h7-13,15-20,26-27,41,45,47,54,56,84H,6,14,21-25,28-32H2,1-5H3,(H,66,77)(H,67,75)(H,68,78)(H,69,74)(H,70,76)(H,72,83)(H,80,81)/t45-,47-,54?,56-,64-/m0/s1. The van der Waals surface area contributed by atoms with Crippen molar-refractivity contribution < 1.29 is 62.4 Å². The van der Waals surface area contributed by atoms with Crippen LogP contribution in [-0.4, -0.2) is 106 Å². The summed E-state index contributed by atoms with van der Waals surface area (Å²) in [7, 11) is 0. The van der Waals surface area contributed by atoms with Crippen molar-refractivity contribution in [1.29, 1.82) is 0 Å². The fourth-order valence-electron chi connectivity index (χ4n) is 12.5. The van der Waals surface area contributed by atoms with Gasteiger partial charge in [-0.2, -0.15) is 0 Å². The molecule has 0 radical (unpaired) electrons. The van der Waals surface area contributed by atoms with Crippen LogP contribution < -0.4 is 37.5 Å². The third-order valence-corrected chi connectivity index (χ3v) is 16.8. The Hall–Kier alpha value is -9.31. The van der Waals surface area contributed by atoms with Crippen molar-refractivity contribution in [3.8, 4) is 22.5 Å². The number of aryl methyl sites for hydroxylation is 1. The Morgan fingerprint density at radius 1 is 0.837 bits per heavy atom. The van der Waals surface area contributed by atoms with Gasteiger partial charge in [-0.05, 0) is 88.6 Å². The van der Waals surface area contributed by atoms with Gasteiger partial charge in [0.25, 0.3) is 5.56 Å². The van der Waals surface area contributed by atoms with Crippen LogP contribution in [0.4, 0.5) is 9.18 Å². The zero-order valence-electron chi connectivity index (χ0n) is 48.2. The Labute approximate surface area is 493 Å². The normalized spacial score (nSPS) is 17.2. The summed E-state index contributed by atoms with van der Waals surface area (Å²) in [5.74, 6) is -8.00. The molecule has 4 aromatic carbocycles. The SMILES string of the molecule is CC[C@@]1(O)C(=O)OCc2c1cc1n(c2=O)Cc2c-1nc1cc(F)c(C)c3c1c2[C@@H](NC(=O)CCCNC(=O)[C@H](Cc1ccccc1)NC(=O)CNC(=O)CNC(=O)[C@@H](NC(=O)OCC1c2ccccc2-c2ccccc21)C(C(=O)O)C(C)(C)C)CC3. The Kier molecular flexibility index (Phi) is 16.9. The molecule has 6 aromatic rings. The van der Waals surface area contributed by atoms with Gasteiger partial charge in [-0.25, -0.2) is 19.0 Å². The molecule has 0 saturated heterocycles. The van der Waals surface area contributed by atoms with Crippen molar-refractivity contribution in [2.24, 2.45) is 11.3 Å². The first-order valence-electron chi connectivity index (χ1n) is 28.7. The van der Waals surface area contributed by atoms with E-state index in [-0.39, 0.29) is 74.9 Å². The largest absolute Gasteiger partial charge is 0.481 e. The number of carboxylic acid groups (broad SMARTS) is 1. The number of fused-ring (bicyclic) bond motifs is 8. The smallest absolute Gasteiger partial charge is 0.407 e. The van der Waals surface area contributed by atoms with Gasteiger partial charge in [-0.3, -0.25) is 33.6 Å². The average Bonchev–Trinajstić information content (AvgIpc) is 1.46. The van der Waals surface area contributed by atoms with Gasteiger partial charge in [0.1, 0.15) is 31.1 Å². The second kappa shape index (κ2) is 24.3. The van der Waals surface area contributed by atoms with Gasteiger partial charge in [0.15, 0.2) is 5.60 Å². The average molecular weight is 1180 g/mol. The fraction of sp³-hybridized carbons (Fsp3) is 0.375. The van der Waals surface area contributed by atoms with Crippen molar-refractivity contribution in [1.82, 2.24) is 41.5 Å². The molecule has 2 aliphatic heterocycles. The molecule has 8 N–H and O–H groups in total. The second-order valence-electron chi connectivity index (χ2n) is 23.3. The molecule has 4 aliphatic rings. The summed E-state index contributed by atoms with van der Waals surface area (Å²) < 4.78 is 27.9. The van der Waals surface area contributed by atoms with E-state index in [2.05, 4.69) is 31.9 Å². The Bertz CT molecular complexity index is 3780. The van der Waals surface area contributed by atoms with Crippen molar-refractivity contribution in [3.63, 3.8) is 0 Å². The van der Waals surface area contributed by atoms with Crippen LogP contribution in [0.3, 0.4) is 0 Å². The number of amides is 6. The zero-order chi connectivity index (χ0) is 61.4. The minimum atomic E-state index is -2.06. The number of rotatable bonds is 20. The number of carbonyl (C=O) groups is 8. The number of aromatic nitrogens is 2. The van der Waals surface area contributed by atoms with E-state index in [0.29, 0.717) is 57.4 Å². The van der Waals surface area contributed by atoms with Crippen LogP contribution in [0.15, 0.2) is 95.8 Å². The molecule has 2 aromatic heterocycles. The first kappa shape index (κ1) is 59.8. The van der Waals surface area contributed by atoms with Gasteiger partial charge in [0, 0.05) is 47.9 Å². The third kappa shape index (κ3) is 11.8. The number of ether oxygens (including phenoxy) is 2. The lowest BCUT2D eigenvalue weighted by molar-refractivity contribution is -0.172. The van der Waals surface area contributed by atoms with E-state index in [1.807, 2.05) is 48.5 Å². The topological polar surface area (TPSA) is 303 Å². The predicted molar refractivity (Wildman–Crippen MR) is 311 cm³/mol. The van der Waals surface area contributed by atoms with Gasteiger partial charge in [0.2, 0.25) is 29.5 Å². The highest BCUT2D eigenvalue weighted by atomic mass is 19.1. The number of esters is 1. The number of aliphatic hydroxyl groups is 1. The molecular weight excluding hydrogens is 1110 g/mol. The molecule has 0 saturated carbocycles. The van der Waals surface area contributed by atoms with E-state index < -0.39 is 101 Å². The number of alkyl carbamates (subject to hydrolysis) is 1. The number of pyridine rings is 2. The first-order valence-corrected chi connectivity index (χ1v) is 28.7. The van der Waals surface area contributed by atoms with Gasteiger partial charge in [-0.15, -0.1) is 0 Å². The van der Waals surface area contributed by atoms with Crippen LogP contribution in [0.1, 0.15) is 115 Å². The van der Waals surface area contributed by atoms with Gasteiger partial charge in [-0.1, -0.05) is 107 Å². The maximum absolute atomic E-state index is 15.5. The number of nitrogens with zero attached hydrogens (tertiary/aromatic N) is 2. The number of cyclic esters (lactones) is 1. The van der Waals surface area contributed by atoms with E-state index in [0.717, 1.165) is 27.8 Å². The molecule has 1 unspecified atom stereocenters. The van der Waals surface area contributed by atoms with Crippen LogP contribution >= 0.6 is 0 Å². The summed E-state index contributed by atoms with van der Waals surface area (Å²) in [4.78, 5) is 126. The quantitative estimate of drug-likeness (QED) is 0.0362. The van der Waals surface area contributed by atoms with Crippen LogP contribution in [0.25, 0.3) is 33.4 Å². The monoisotopic (exact) mass is 1170 g/mol. The van der Waals surface area contributed by atoms with Crippen LogP contribution in [0, 0.1) is 24.1 Å². The highest BCUT2D eigenvalue weighted by Crippen LogP contribution is 2.47. The Morgan fingerprint density at radius 3 is 2.19 bits per heavy atom. The van der Waals surface area contributed by atoms with Crippen LogP contribution in [-0.2, 0) is 74.6 Å². The van der Waals surface area contributed by atoms with E-state index in [9.17, 15) is 53.4 Å². The van der Waals surface area contributed by atoms with E-state index in [1.165, 1.54) is 10.6 Å². The van der Waals surface area contributed by atoms with Crippen molar-refractivity contribution in [2.75, 3.05) is 26.2 Å². The molecule has 21 nitrogen and oxygen atoms in total. The van der Waals surface area contributed by atoms with Gasteiger partial charge in [0.05, 0.1) is 54.1 Å². The minimum absolute atomic E-state index is 0.0268. The summed E-state index contributed by atoms with van der Waals surface area (Å²) in [6.07, 6.45) is -0.0647. The lowest BCUT2D eigenvalue weighted by atomic mass is 9.76. The summed E-state index contributed by atoms with van der Waals surface area (Å²) in [6, 6.07) is 23.8. The summed E-state index contributed by atoms with van der Waals surface area (Å²) in [5, 5.41) is 38.2. The van der Waals surface area contributed by atoms with Gasteiger partial charge < -0.3 is 56.2 Å². The van der Waals surface area contributed by atoms with E-state index >= 15 is 4.39 Å². The highest BCUT2D eigenvalue weighted by molar-refractivity contribution is 5.96. The minimum Gasteiger partial charge on any atom is -0.481 e. The molecule has 22 heteroatoms. The number of nitrogens with one attached hydrogen (secondary N) is 6. The third-order valence-electron chi connectivity index (χ3n) is 16.8. The van der Waals surface area contributed by atoms with Crippen molar-refractivity contribution in [3.05, 3.63) is 157 Å². The van der Waals surface area contributed by atoms with E-state index in [4.69, 9.17) is 14.5 Å². The molecular formula is C64H67FN8O13. The fourth-order valence-corrected chi connectivity index (χ4v) is 12.5. The number of benzene rings is 4. The Morgan fingerprint density at radius 2 is 1.51 bits per heavy atom. The molecule has 448 valence electrons. The van der Waals surface area contributed by atoms with Crippen LogP contribution in [0.5, 0.6) is 0 Å². The molecule has 2 aliphatic carbocycles. The second-order valence-corrected chi connectivity index (χ2v) is 23.3. The molecule has 0 spiro atoms. The lowest BCUT2D eigenvalue weighted by Crippen LogP contribution is -2.57. The van der Waals surface area contributed by atoms with Crippen molar-refractivity contribution >= 4 is 58.5 Å². The molecule has 4 heterocycles. The van der Waals surface area contributed by atoms with Gasteiger partial charge >= 0.3 is 18.0 Å². The van der Waals surface area contributed by atoms with E-state index in [1.54, 1.807) is 71.0 Å². The molecule has 6 amide bonds. The lowest BCUT2D eigenvalue weighted by Gasteiger charge is -2.33. The number of carboxylic acids is 1. The summed E-state index contributed by atoms with van der Waals surface area (Å²) >= 11 is 0. The predicted octanol–water partition coefficient (Wildman–Crippen LogP) is 5.14. The van der Waals surface area contributed by atoms with Crippen molar-refractivity contribution in [2.45, 2.75) is 116 Å². The maximum Gasteiger partial charge on any atom is 0.407 e. The number of aliphatic carboxylic acids is 1. The Balaban J connectivity index is 0.743. The first-order chi connectivity index (χ1) is 41.1. The molecule has 86 heavy (non-hydrogen) atoms. The summed E-state index contributed by atoms with van der Waals surface area (Å²) in [6.45, 7) is 6.40. The molecule has 5 atom stereocenters. The number of halogens is 1. The molecule has 0 fully saturated rings. The zero-order valence-corrected chi connectivity index (χ0v) is 48.2. The molecule has 10 rings (SSSR count). The highest BCUT2D eigenvalue weighted by Gasteiger charge is 2.47. The summed E-state index contributed by atoms with van der Waals surface area (Å²) in [5.41, 5.74) is 4.84. The molecule has 0 bridgehead atoms. The number of hydrogen-bond acceptors (Lipinski definition) is 13.